The molecule has 2 saturated heterocycles. The Kier molecular flexibility index (Phi) is 1.42. The summed E-state index contributed by atoms with van der Waals surface area (Å²) in [6, 6.07) is 0. The molecule has 4 heteroatoms. The normalized spacial score (nSPS) is 53.4. The van der Waals surface area contributed by atoms with Crippen LogP contribution in [-0.2, 0) is 9.47 Å². The van der Waals surface area contributed by atoms with Gasteiger partial charge in [0.2, 0.25) is 0 Å². The van der Waals surface area contributed by atoms with Gasteiger partial charge in [-0.05, 0) is 0 Å². The van der Waals surface area contributed by atoms with Crippen LogP contribution in [0.3, 0.4) is 0 Å². The van der Waals surface area contributed by atoms with E-state index >= 15 is 0 Å². The molecule has 0 radical (unpaired) electrons. The molecule has 4 nitrogen and oxygen atoms in total. The number of ether oxygens (including phenoxy) is 2. The van der Waals surface area contributed by atoms with Crippen LogP contribution in [0.2, 0.25) is 0 Å². The average molecular weight is 146 g/mol. The minimum absolute atomic E-state index is 0.214. The first-order valence-electron chi connectivity index (χ1n) is 3.40. The third-order valence-corrected chi connectivity index (χ3v) is 1.96. The van der Waals surface area contributed by atoms with Crippen LogP contribution in [0.25, 0.3) is 0 Å². The fourth-order valence-corrected chi connectivity index (χ4v) is 1.35. The molecule has 0 amide bonds. The molecule has 0 aliphatic carbocycles. The van der Waals surface area contributed by atoms with E-state index in [9.17, 15) is 5.11 Å². The highest BCUT2D eigenvalue weighted by Crippen LogP contribution is 2.27. The lowest BCUT2D eigenvalue weighted by Gasteiger charge is -2.27. The number of hydrogen-bond acceptors (Lipinski definition) is 4. The Balaban J connectivity index is 2.09. The van der Waals surface area contributed by atoms with E-state index in [4.69, 9.17) is 14.6 Å². The highest BCUT2D eigenvalue weighted by Gasteiger charge is 2.42. The molecule has 2 N–H and O–H groups in total. The molecule has 0 aromatic rings. The van der Waals surface area contributed by atoms with Crippen LogP contribution in [0, 0.1) is 0 Å². The monoisotopic (exact) mass is 146 g/mol. The SMILES string of the molecule is O[C@@H]1C[C@H](O)[C@@H]2CO[C@H]1O2. The summed E-state index contributed by atoms with van der Waals surface area (Å²) >= 11 is 0. The molecule has 4 atom stereocenters. The molecular weight excluding hydrogens is 136 g/mol. The van der Waals surface area contributed by atoms with Gasteiger partial charge >= 0.3 is 0 Å². The largest absolute Gasteiger partial charge is 0.390 e. The number of aliphatic hydroxyl groups excluding tert-OH is 2. The standard InChI is InChI=1S/C6H10O4/c7-3-1-4(8)6-9-2-5(3)10-6/h3-8H,1-2H2/t3-,4+,5-,6-/m0/s1. The van der Waals surface area contributed by atoms with Gasteiger partial charge in [0.05, 0.1) is 12.7 Å². The number of fused-ring (bicyclic) bond motifs is 2. The second-order valence-corrected chi connectivity index (χ2v) is 2.75. The Morgan fingerprint density at radius 3 is 2.80 bits per heavy atom. The molecule has 0 aromatic carbocycles. The molecule has 0 unspecified atom stereocenters. The van der Waals surface area contributed by atoms with E-state index < -0.39 is 18.5 Å². The van der Waals surface area contributed by atoms with Crippen molar-refractivity contribution in [2.24, 2.45) is 0 Å². The van der Waals surface area contributed by atoms with E-state index in [0.29, 0.717) is 13.0 Å². The van der Waals surface area contributed by atoms with Crippen LogP contribution < -0.4 is 0 Å². The van der Waals surface area contributed by atoms with E-state index in [2.05, 4.69) is 0 Å². The maximum absolute atomic E-state index is 9.20. The molecule has 2 bridgehead atoms. The van der Waals surface area contributed by atoms with Crippen LogP contribution in [0.4, 0.5) is 0 Å². The van der Waals surface area contributed by atoms with Gasteiger partial charge in [0.25, 0.3) is 0 Å². The maximum atomic E-state index is 9.20. The second-order valence-electron chi connectivity index (χ2n) is 2.75. The third kappa shape index (κ3) is 0.845. The van der Waals surface area contributed by atoms with Gasteiger partial charge in [0.1, 0.15) is 12.2 Å². The highest BCUT2D eigenvalue weighted by atomic mass is 16.7. The van der Waals surface area contributed by atoms with Crippen LogP contribution in [0.15, 0.2) is 0 Å². The van der Waals surface area contributed by atoms with Crippen molar-refractivity contribution < 1.29 is 19.7 Å². The number of aliphatic hydroxyl groups is 2. The minimum Gasteiger partial charge on any atom is -0.390 e. The first-order chi connectivity index (χ1) is 4.77. The second kappa shape index (κ2) is 2.17. The van der Waals surface area contributed by atoms with Gasteiger partial charge in [-0.2, -0.15) is 0 Å². The van der Waals surface area contributed by atoms with Gasteiger partial charge in [-0.3, -0.25) is 0 Å². The van der Waals surface area contributed by atoms with Crippen molar-refractivity contribution in [2.75, 3.05) is 6.61 Å². The quantitative estimate of drug-likeness (QED) is 0.453. The molecular formula is C6H10O4. The molecule has 0 spiro atoms. The van der Waals surface area contributed by atoms with Crippen molar-refractivity contribution in [1.82, 2.24) is 0 Å². The summed E-state index contributed by atoms with van der Waals surface area (Å²) in [5, 5.41) is 18.4. The minimum atomic E-state index is -0.659. The van der Waals surface area contributed by atoms with E-state index in [0.717, 1.165) is 0 Å². The first kappa shape index (κ1) is 6.54. The fourth-order valence-electron chi connectivity index (χ4n) is 1.35. The summed E-state index contributed by atoms with van der Waals surface area (Å²) in [7, 11) is 0. The lowest BCUT2D eigenvalue weighted by molar-refractivity contribution is -0.181. The van der Waals surface area contributed by atoms with E-state index in [1.807, 2.05) is 0 Å². The third-order valence-electron chi connectivity index (χ3n) is 1.96. The molecule has 2 aliphatic rings. The van der Waals surface area contributed by atoms with Crippen LogP contribution in [0.1, 0.15) is 6.42 Å². The zero-order chi connectivity index (χ0) is 7.14. The van der Waals surface area contributed by atoms with Crippen molar-refractivity contribution >= 4 is 0 Å². The van der Waals surface area contributed by atoms with Crippen LogP contribution in [-0.4, -0.2) is 41.4 Å². The summed E-state index contributed by atoms with van der Waals surface area (Å²) in [5.74, 6) is 0. The predicted molar refractivity (Wildman–Crippen MR) is 31.2 cm³/mol. The Hall–Kier alpha value is -0.160. The highest BCUT2D eigenvalue weighted by molar-refractivity contribution is 4.85. The summed E-state index contributed by atoms with van der Waals surface area (Å²) < 4.78 is 10.1. The number of rotatable bonds is 0. The van der Waals surface area contributed by atoms with Crippen LogP contribution in [0.5, 0.6) is 0 Å². The van der Waals surface area contributed by atoms with Gasteiger partial charge in [-0.25, -0.2) is 0 Å². The predicted octanol–water partition coefficient (Wildman–Crippen LogP) is -1.15. The summed E-state index contributed by atoms with van der Waals surface area (Å²) in [5.41, 5.74) is 0. The van der Waals surface area contributed by atoms with Crippen molar-refractivity contribution in [2.45, 2.75) is 31.0 Å². The summed E-state index contributed by atoms with van der Waals surface area (Å²) in [6.07, 6.45) is -1.56. The smallest absolute Gasteiger partial charge is 0.184 e. The summed E-state index contributed by atoms with van der Waals surface area (Å²) in [6.45, 7) is 0.406. The fraction of sp³-hybridized carbons (Fsp3) is 1.00. The molecule has 2 fully saturated rings. The van der Waals surface area contributed by atoms with Crippen molar-refractivity contribution in [3.63, 3.8) is 0 Å². The molecule has 2 aliphatic heterocycles. The summed E-state index contributed by atoms with van der Waals surface area (Å²) in [4.78, 5) is 0. The lowest BCUT2D eigenvalue weighted by atomic mass is 10.1. The van der Waals surface area contributed by atoms with Gasteiger partial charge in [-0.1, -0.05) is 0 Å². The molecule has 10 heavy (non-hydrogen) atoms. The van der Waals surface area contributed by atoms with Crippen molar-refractivity contribution in [3.05, 3.63) is 0 Å². The molecule has 0 aromatic heterocycles. The Morgan fingerprint density at radius 1 is 1.20 bits per heavy atom. The van der Waals surface area contributed by atoms with Crippen molar-refractivity contribution in [1.29, 1.82) is 0 Å². The van der Waals surface area contributed by atoms with E-state index in [1.165, 1.54) is 0 Å². The Labute approximate surface area is 58.4 Å². The lowest BCUT2D eigenvalue weighted by Crippen LogP contribution is -2.41. The topological polar surface area (TPSA) is 58.9 Å². The molecule has 2 rings (SSSR count). The van der Waals surface area contributed by atoms with Gasteiger partial charge in [0, 0.05) is 6.42 Å². The van der Waals surface area contributed by atoms with E-state index in [-0.39, 0.29) is 6.10 Å². The first-order valence-corrected chi connectivity index (χ1v) is 3.40. The van der Waals surface area contributed by atoms with Gasteiger partial charge < -0.3 is 19.7 Å². The van der Waals surface area contributed by atoms with E-state index in [1.54, 1.807) is 0 Å². The Morgan fingerprint density at radius 2 is 2.00 bits per heavy atom. The van der Waals surface area contributed by atoms with Gasteiger partial charge in [0.15, 0.2) is 6.29 Å². The molecule has 58 valence electrons. The zero-order valence-electron chi connectivity index (χ0n) is 5.43. The Bertz CT molecular complexity index is 124. The average Bonchev–Trinajstić information content (AvgIpc) is 2.28. The maximum Gasteiger partial charge on any atom is 0.184 e. The molecule has 2 heterocycles. The number of hydrogen-bond donors (Lipinski definition) is 2. The zero-order valence-corrected chi connectivity index (χ0v) is 5.43. The van der Waals surface area contributed by atoms with Crippen LogP contribution >= 0.6 is 0 Å². The molecule has 0 saturated carbocycles. The van der Waals surface area contributed by atoms with Crippen molar-refractivity contribution in [3.8, 4) is 0 Å². The van der Waals surface area contributed by atoms with Gasteiger partial charge in [-0.15, -0.1) is 0 Å².